The van der Waals surface area contributed by atoms with E-state index in [9.17, 15) is 22.7 Å². The quantitative estimate of drug-likeness (QED) is 0.382. The van der Waals surface area contributed by atoms with Crippen molar-refractivity contribution in [3.63, 3.8) is 0 Å². The van der Waals surface area contributed by atoms with Crippen LogP contribution in [0.2, 0.25) is 0 Å². The van der Waals surface area contributed by atoms with Gasteiger partial charge in [-0.25, -0.2) is 31.0 Å². The molecule has 7 nitrogen and oxygen atoms in total. The smallest absolute Gasteiger partial charge is 0.294 e. The fourth-order valence-corrected chi connectivity index (χ4v) is 5.79. The molecule has 1 unspecified atom stereocenters. The standard InChI is InChI=1S/C25H21F6N5O2/c26-17-3-6-19(20(27)9-17)24(37,13-36-15-33-34-35-36)25(30,31)22-10-21(11-22,12-22)16-1-4-18(5-2-16)38-14-23(28,29)7-8-32/h1-6,9,15,37H,7,10-14H2. The van der Waals surface area contributed by atoms with Crippen LogP contribution in [0.4, 0.5) is 26.3 Å². The Kier molecular flexibility index (Phi) is 5.94. The van der Waals surface area contributed by atoms with Crippen LogP contribution < -0.4 is 4.74 Å². The van der Waals surface area contributed by atoms with E-state index in [1.54, 1.807) is 12.1 Å². The van der Waals surface area contributed by atoms with E-state index in [2.05, 4.69) is 15.5 Å². The van der Waals surface area contributed by atoms with Gasteiger partial charge in [0.05, 0.1) is 12.6 Å². The number of aliphatic hydroxyl groups is 1. The van der Waals surface area contributed by atoms with Crippen LogP contribution in [-0.2, 0) is 17.6 Å². The third-order valence-corrected chi connectivity index (χ3v) is 7.63. The van der Waals surface area contributed by atoms with E-state index in [1.165, 1.54) is 18.2 Å². The zero-order valence-corrected chi connectivity index (χ0v) is 19.7. The van der Waals surface area contributed by atoms with Gasteiger partial charge >= 0.3 is 0 Å². The van der Waals surface area contributed by atoms with Crippen LogP contribution >= 0.6 is 0 Å². The van der Waals surface area contributed by atoms with Gasteiger partial charge in [0, 0.05) is 17.0 Å². The van der Waals surface area contributed by atoms with Gasteiger partial charge in [-0.2, -0.15) is 5.26 Å². The molecule has 0 saturated heterocycles. The molecule has 38 heavy (non-hydrogen) atoms. The number of hydrogen-bond donors (Lipinski definition) is 1. The molecule has 3 aromatic rings. The van der Waals surface area contributed by atoms with Crippen LogP contribution in [0.5, 0.6) is 5.75 Å². The predicted molar refractivity (Wildman–Crippen MR) is 118 cm³/mol. The molecule has 1 heterocycles. The largest absolute Gasteiger partial charge is 0.487 e. The highest BCUT2D eigenvalue weighted by atomic mass is 19.3. The van der Waals surface area contributed by atoms with Gasteiger partial charge in [-0.05, 0) is 64.9 Å². The summed E-state index contributed by atoms with van der Waals surface area (Å²) in [4.78, 5) is 0. The number of alkyl halides is 4. The second-order valence-electron chi connectivity index (χ2n) is 10.2. The Morgan fingerprint density at radius 3 is 2.32 bits per heavy atom. The maximum atomic E-state index is 16.2. The van der Waals surface area contributed by atoms with E-state index < -0.39 is 65.0 Å². The summed E-state index contributed by atoms with van der Waals surface area (Å²) >= 11 is 0. The van der Waals surface area contributed by atoms with Crippen LogP contribution in [0.3, 0.4) is 0 Å². The zero-order chi connectivity index (χ0) is 27.4. The maximum absolute atomic E-state index is 16.2. The summed E-state index contributed by atoms with van der Waals surface area (Å²) in [5.74, 6) is -9.33. The lowest BCUT2D eigenvalue weighted by molar-refractivity contribution is -0.347. The van der Waals surface area contributed by atoms with Crippen molar-refractivity contribution in [1.29, 1.82) is 5.26 Å². The number of rotatable bonds is 10. The average molecular weight is 537 g/mol. The highest BCUT2D eigenvalue weighted by molar-refractivity contribution is 5.44. The van der Waals surface area contributed by atoms with Crippen molar-refractivity contribution in [1.82, 2.24) is 20.2 Å². The molecule has 6 rings (SSSR count). The van der Waals surface area contributed by atoms with Crippen molar-refractivity contribution in [2.75, 3.05) is 6.61 Å². The van der Waals surface area contributed by atoms with Crippen molar-refractivity contribution in [2.45, 2.75) is 55.1 Å². The number of halogens is 6. The molecule has 3 aliphatic carbocycles. The Balaban J connectivity index is 1.36. The lowest BCUT2D eigenvalue weighted by atomic mass is 9.30. The second kappa shape index (κ2) is 8.69. The second-order valence-corrected chi connectivity index (χ2v) is 10.2. The number of ether oxygens (including phenoxy) is 1. The first-order chi connectivity index (χ1) is 17.9. The molecule has 0 aliphatic heterocycles. The van der Waals surface area contributed by atoms with E-state index in [4.69, 9.17) is 10.00 Å². The van der Waals surface area contributed by atoms with Crippen LogP contribution in [0.1, 0.15) is 36.8 Å². The minimum Gasteiger partial charge on any atom is -0.487 e. The molecule has 1 N–H and O–H groups in total. The molecule has 2 bridgehead atoms. The highest BCUT2D eigenvalue weighted by Gasteiger charge is 2.82. The molecular weight excluding hydrogens is 516 g/mol. The first kappa shape index (κ1) is 26.0. The fourth-order valence-electron chi connectivity index (χ4n) is 5.79. The van der Waals surface area contributed by atoms with E-state index >= 15 is 8.78 Å². The monoisotopic (exact) mass is 537 g/mol. The summed E-state index contributed by atoms with van der Waals surface area (Å²) in [7, 11) is 0. The fraction of sp³-hybridized carbons (Fsp3) is 0.440. The van der Waals surface area contributed by atoms with Gasteiger partial charge in [0.15, 0.2) is 12.2 Å². The number of nitrogens with zero attached hydrogens (tertiary/aromatic N) is 5. The van der Waals surface area contributed by atoms with E-state index in [0.29, 0.717) is 11.6 Å². The summed E-state index contributed by atoms with van der Waals surface area (Å²) in [5.41, 5.74) is -5.44. The number of benzene rings is 2. The summed E-state index contributed by atoms with van der Waals surface area (Å²) in [6.07, 6.45) is -0.0333. The van der Waals surface area contributed by atoms with Crippen LogP contribution in [0.25, 0.3) is 0 Å². The van der Waals surface area contributed by atoms with Crippen molar-refractivity contribution in [3.8, 4) is 11.8 Å². The number of aromatic nitrogens is 4. The summed E-state index contributed by atoms with van der Waals surface area (Å²) in [6.45, 7) is -1.84. The predicted octanol–water partition coefficient (Wildman–Crippen LogP) is 4.52. The first-order valence-electron chi connectivity index (χ1n) is 11.6. The van der Waals surface area contributed by atoms with Crippen molar-refractivity contribution in [3.05, 3.63) is 71.6 Å². The van der Waals surface area contributed by atoms with Gasteiger partial charge in [-0.15, -0.1) is 5.10 Å². The average Bonchev–Trinajstić information content (AvgIpc) is 3.29. The molecule has 3 fully saturated rings. The van der Waals surface area contributed by atoms with Gasteiger partial charge in [-0.1, -0.05) is 12.1 Å². The van der Waals surface area contributed by atoms with E-state index in [-0.39, 0.29) is 25.0 Å². The van der Waals surface area contributed by atoms with Crippen LogP contribution in [0.15, 0.2) is 48.8 Å². The molecule has 1 atom stereocenters. The number of tetrazole rings is 1. The molecule has 3 saturated carbocycles. The zero-order valence-electron chi connectivity index (χ0n) is 19.7. The Labute approximate surface area is 212 Å². The van der Waals surface area contributed by atoms with Crippen LogP contribution in [0, 0.1) is 28.4 Å². The molecule has 0 radical (unpaired) electrons. The molecule has 13 heteroatoms. The molecule has 2 aromatic carbocycles. The van der Waals surface area contributed by atoms with E-state index in [0.717, 1.165) is 23.1 Å². The van der Waals surface area contributed by atoms with E-state index in [1.807, 2.05) is 0 Å². The summed E-state index contributed by atoms with van der Waals surface area (Å²) in [6, 6.07) is 9.51. The Bertz CT molecular complexity index is 1360. The minimum absolute atomic E-state index is 0.0197. The SMILES string of the molecule is N#CCC(F)(F)COc1ccc(C23CC(C(F)(F)C(O)(Cn4cnnn4)c4ccc(F)cc4F)(C2)C3)cc1. The maximum Gasteiger partial charge on any atom is 0.294 e. The molecular formula is C25H21F6N5O2. The Hall–Kier alpha value is -3.66. The first-order valence-corrected chi connectivity index (χ1v) is 11.6. The van der Waals surface area contributed by atoms with Gasteiger partial charge in [0.2, 0.25) is 0 Å². The lowest BCUT2D eigenvalue weighted by Crippen LogP contribution is -2.76. The summed E-state index contributed by atoms with van der Waals surface area (Å²) < 4.78 is 93.6. The Morgan fingerprint density at radius 1 is 1.05 bits per heavy atom. The normalized spacial score (nSPS) is 24.1. The third-order valence-electron chi connectivity index (χ3n) is 7.63. The van der Waals surface area contributed by atoms with Gasteiger partial charge in [-0.3, -0.25) is 0 Å². The molecule has 3 aliphatic rings. The third kappa shape index (κ3) is 3.98. The summed E-state index contributed by atoms with van der Waals surface area (Å²) in [5, 5.41) is 30.1. The molecule has 200 valence electrons. The number of hydrogen-bond acceptors (Lipinski definition) is 6. The highest BCUT2D eigenvalue weighted by Crippen LogP contribution is 2.80. The molecule has 1 aromatic heterocycles. The molecule has 0 amide bonds. The number of nitriles is 1. The van der Waals surface area contributed by atoms with Crippen molar-refractivity contribution < 1.29 is 36.2 Å². The van der Waals surface area contributed by atoms with Gasteiger partial charge < -0.3 is 9.84 Å². The topological polar surface area (TPSA) is 96.8 Å². The molecule has 0 spiro atoms. The Morgan fingerprint density at radius 2 is 1.74 bits per heavy atom. The van der Waals surface area contributed by atoms with Gasteiger partial charge in [0.25, 0.3) is 11.8 Å². The van der Waals surface area contributed by atoms with Crippen molar-refractivity contribution >= 4 is 0 Å². The van der Waals surface area contributed by atoms with Crippen LogP contribution in [-0.4, -0.2) is 43.8 Å². The minimum atomic E-state index is -3.86. The van der Waals surface area contributed by atoms with Gasteiger partial charge in [0.1, 0.15) is 30.1 Å². The van der Waals surface area contributed by atoms with Crippen molar-refractivity contribution in [2.24, 2.45) is 5.41 Å². The lowest BCUT2D eigenvalue weighted by Gasteiger charge is -2.74.